The number of benzene rings is 4. The van der Waals surface area contributed by atoms with Crippen LogP contribution in [0.25, 0.3) is 22.2 Å². The van der Waals surface area contributed by atoms with Gasteiger partial charge in [-0.2, -0.15) is 10.2 Å². The van der Waals surface area contributed by atoms with E-state index in [1.165, 1.54) is 0 Å². The van der Waals surface area contributed by atoms with Crippen LogP contribution in [0.4, 0.5) is 0 Å². The molecule has 0 aliphatic rings. The van der Waals surface area contributed by atoms with Crippen molar-refractivity contribution < 1.29 is 4.74 Å². The van der Waals surface area contributed by atoms with Crippen molar-refractivity contribution in [1.82, 2.24) is 20.0 Å². The summed E-state index contributed by atoms with van der Waals surface area (Å²) in [4.78, 5) is 0. The van der Waals surface area contributed by atoms with E-state index in [9.17, 15) is 0 Å². The molecule has 0 aliphatic carbocycles. The lowest BCUT2D eigenvalue weighted by atomic mass is 9.77. The van der Waals surface area contributed by atoms with Crippen LogP contribution in [0.5, 0.6) is 5.75 Å². The van der Waals surface area contributed by atoms with Gasteiger partial charge in [0.2, 0.25) is 0 Å². The molecule has 0 fully saturated rings. The van der Waals surface area contributed by atoms with Gasteiger partial charge in [0, 0.05) is 10.9 Å². The summed E-state index contributed by atoms with van der Waals surface area (Å²) in [7, 11) is 0. The van der Waals surface area contributed by atoms with Gasteiger partial charge in [0.15, 0.2) is 5.15 Å². The lowest BCUT2D eigenvalue weighted by molar-refractivity contribution is 0.243. The van der Waals surface area contributed by atoms with Gasteiger partial charge in [-0.15, -0.1) is 5.10 Å². The Morgan fingerprint density at radius 3 is 1.82 bits per heavy atom. The molecule has 0 amide bonds. The normalized spacial score (nSPS) is 11.7. The van der Waals surface area contributed by atoms with E-state index < -0.39 is 5.54 Å². The van der Waals surface area contributed by atoms with Crippen LogP contribution in [0.3, 0.4) is 0 Å². The molecule has 0 saturated heterocycles. The van der Waals surface area contributed by atoms with E-state index in [1.807, 2.05) is 44.2 Å². The van der Waals surface area contributed by atoms with Gasteiger partial charge in [-0.3, -0.25) is 0 Å². The van der Waals surface area contributed by atoms with E-state index in [1.54, 1.807) is 12.3 Å². The van der Waals surface area contributed by atoms with Crippen LogP contribution >= 0.6 is 11.6 Å². The third-order valence-corrected chi connectivity index (χ3v) is 7.00. The minimum Gasteiger partial charge on any atom is -0.491 e. The fourth-order valence-corrected chi connectivity index (χ4v) is 5.45. The highest BCUT2D eigenvalue weighted by molar-refractivity contribution is 6.29. The Hall–Kier alpha value is -4.48. The molecule has 6 heteroatoms. The Kier molecular flexibility index (Phi) is 6.59. The van der Waals surface area contributed by atoms with Crippen LogP contribution in [0.15, 0.2) is 121 Å². The van der Waals surface area contributed by atoms with Crippen molar-refractivity contribution in [3.05, 3.63) is 143 Å². The van der Waals surface area contributed by atoms with Crippen LogP contribution in [0, 0.1) is 0 Å². The van der Waals surface area contributed by atoms with Crippen LogP contribution in [0.1, 0.15) is 30.5 Å². The van der Waals surface area contributed by atoms with Gasteiger partial charge in [-0.1, -0.05) is 103 Å². The molecule has 2 aromatic heterocycles. The predicted molar refractivity (Wildman–Crippen MR) is 156 cm³/mol. The van der Waals surface area contributed by atoms with Crippen LogP contribution in [-0.2, 0) is 5.54 Å². The number of halogens is 1. The average molecular weight is 531 g/mol. The van der Waals surface area contributed by atoms with Gasteiger partial charge in [0.05, 0.1) is 17.8 Å². The number of rotatable bonds is 7. The van der Waals surface area contributed by atoms with Gasteiger partial charge in [0.1, 0.15) is 17.0 Å². The quantitative estimate of drug-likeness (QED) is 0.198. The highest BCUT2D eigenvalue weighted by atomic mass is 35.5. The van der Waals surface area contributed by atoms with Crippen LogP contribution in [0.2, 0.25) is 5.15 Å². The Balaban J connectivity index is 1.76. The molecular formula is C33H27ClN4O. The zero-order valence-electron chi connectivity index (χ0n) is 21.7. The monoisotopic (exact) mass is 530 g/mol. The van der Waals surface area contributed by atoms with E-state index in [2.05, 4.69) is 93.7 Å². The fourth-order valence-electron chi connectivity index (χ4n) is 5.29. The summed E-state index contributed by atoms with van der Waals surface area (Å²) in [5.41, 5.74) is 4.98. The Bertz CT molecular complexity index is 1620. The standard InChI is InChI=1S/C33H27ClN4O/c1-23(2)39-28-18-19-30-29(21-28)32(24-20-31(34)36-35-22-24)37-38(30)33(25-12-6-3-7-13-25,26-14-8-4-9-15-26)27-16-10-5-11-17-27/h3-23H,1-2H3. The van der Waals surface area contributed by atoms with E-state index >= 15 is 0 Å². The highest BCUT2D eigenvalue weighted by Gasteiger charge is 2.41. The maximum atomic E-state index is 6.30. The van der Waals surface area contributed by atoms with Crippen molar-refractivity contribution in [1.29, 1.82) is 0 Å². The Morgan fingerprint density at radius 2 is 1.31 bits per heavy atom. The zero-order chi connectivity index (χ0) is 26.8. The molecule has 5 nitrogen and oxygen atoms in total. The smallest absolute Gasteiger partial charge is 0.152 e. The van der Waals surface area contributed by atoms with Crippen molar-refractivity contribution in [2.24, 2.45) is 0 Å². The molecular weight excluding hydrogens is 504 g/mol. The summed E-state index contributed by atoms with van der Waals surface area (Å²) in [6.07, 6.45) is 1.73. The van der Waals surface area contributed by atoms with E-state index in [-0.39, 0.29) is 6.10 Å². The molecule has 39 heavy (non-hydrogen) atoms. The number of nitrogens with zero attached hydrogens (tertiary/aromatic N) is 4. The minimum atomic E-state index is -0.773. The number of hydrogen-bond donors (Lipinski definition) is 0. The summed E-state index contributed by atoms with van der Waals surface area (Å²) in [5, 5.41) is 14.7. The van der Waals surface area contributed by atoms with Gasteiger partial charge < -0.3 is 4.74 Å². The molecule has 0 saturated carbocycles. The first-order valence-electron chi connectivity index (χ1n) is 12.9. The Labute approximate surface area is 232 Å². The van der Waals surface area contributed by atoms with Crippen molar-refractivity contribution in [2.45, 2.75) is 25.5 Å². The predicted octanol–water partition coefficient (Wildman–Crippen LogP) is 7.77. The molecule has 0 N–H and O–H groups in total. The number of hydrogen-bond acceptors (Lipinski definition) is 4. The summed E-state index contributed by atoms with van der Waals surface area (Å²) >= 11 is 6.30. The first kappa shape index (κ1) is 24.8. The maximum absolute atomic E-state index is 6.30. The lowest BCUT2D eigenvalue weighted by Crippen LogP contribution is -2.38. The molecule has 2 heterocycles. The van der Waals surface area contributed by atoms with Crippen molar-refractivity contribution in [3.8, 4) is 17.0 Å². The minimum absolute atomic E-state index is 0.0371. The van der Waals surface area contributed by atoms with Crippen molar-refractivity contribution in [3.63, 3.8) is 0 Å². The second-order valence-corrected chi connectivity index (χ2v) is 10.1. The zero-order valence-corrected chi connectivity index (χ0v) is 22.5. The average Bonchev–Trinajstić information content (AvgIpc) is 3.34. The fraction of sp³-hybridized carbons (Fsp3) is 0.121. The molecule has 192 valence electrons. The molecule has 0 atom stereocenters. The van der Waals surface area contributed by atoms with Gasteiger partial charge in [0.25, 0.3) is 0 Å². The number of aromatic nitrogens is 4. The summed E-state index contributed by atoms with van der Waals surface area (Å²) < 4.78 is 8.22. The van der Waals surface area contributed by atoms with Gasteiger partial charge in [-0.25, -0.2) is 4.68 Å². The largest absolute Gasteiger partial charge is 0.491 e. The number of ether oxygens (including phenoxy) is 1. The molecule has 0 aliphatic heterocycles. The Morgan fingerprint density at radius 1 is 0.744 bits per heavy atom. The molecule has 0 bridgehead atoms. The van der Waals surface area contributed by atoms with Crippen molar-refractivity contribution in [2.75, 3.05) is 0 Å². The van der Waals surface area contributed by atoms with E-state index in [0.717, 1.165) is 44.6 Å². The third kappa shape index (κ3) is 4.45. The van der Waals surface area contributed by atoms with Gasteiger partial charge >= 0.3 is 0 Å². The summed E-state index contributed by atoms with van der Waals surface area (Å²) in [5.74, 6) is 0.774. The lowest BCUT2D eigenvalue weighted by Gasteiger charge is -2.37. The second-order valence-electron chi connectivity index (χ2n) is 9.68. The first-order chi connectivity index (χ1) is 19.1. The second kappa shape index (κ2) is 10.4. The van der Waals surface area contributed by atoms with Crippen LogP contribution < -0.4 is 4.74 Å². The molecule has 6 aromatic rings. The number of fused-ring (bicyclic) bond motifs is 1. The summed E-state index contributed by atoms with van der Waals surface area (Å²) in [6, 6.07) is 39.5. The molecule has 0 unspecified atom stereocenters. The van der Waals surface area contributed by atoms with Gasteiger partial charge in [-0.05, 0) is 54.8 Å². The van der Waals surface area contributed by atoms with Crippen molar-refractivity contribution >= 4 is 22.5 Å². The molecule has 6 rings (SSSR count). The topological polar surface area (TPSA) is 52.8 Å². The maximum Gasteiger partial charge on any atom is 0.152 e. The first-order valence-corrected chi connectivity index (χ1v) is 13.3. The van der Waals surface area contributed by atoms with E-state index in [0.29, 0.717) is 5.15 Å². The highest BCUT2D eigenvalue weighted by Crippen LogP contribution is 2.44. The molecule has 0 radical (unpaired) electrons. The molecule has 4 aromatic carbocycles. The van der Waals surface area contributed by atoms with Crippen LogP contribution in [-0.4, -0.2) is 26.1 Å². The summed E-state index contributed by atoms with van der Waals surface area (Å²) in [6.45, 7) is 4.04. The SMILES string of the molecule is CC(C)Oc1ccc2c(c1)c(-c1cnnc(Cl)c1)nn2C(c1ccccc1)(c1ccccc1)c1ccccc1. The molecule has 0 spiro atoms. The third-order valence-electron chi connectivity index (χ3n) is 6.81. The van der Waals surface area contributed by atoms with E-state index in [4.69, 9.17) is 21.4 Å².